The van der Waals surface area contributed by atoms with Gasteiger partial charge in [-0.25, -0.2) is 8.78 Å². The number of likely N-dealkylation sites (tertiary alicyclic amines) is 1. The minimum Gasteiger partial charge on any atom is -0.481 e. The molecule has 1 N–H and O–H groups in total. The second kappa shape index (κ2) is 5.79. The zero-order chi connectivity index (χ0) is 15.7. The van der Waals surface area contributed by atoms with Gasteiger partial charge in [0.2, 0.25) is 0 Å². The molecule has 21 heavy (non-hydrogen) atoms. The Bertz CT molecular complexity index is 589. The Kier molecular flexibility index (Phi) is 4.25. The predicted molar refractivity (Wildman–Crippen MR) is 72.0 cm³/mol. The average molecular weight is 297 g/mol. The van der Waals surface area contributed by atoms with Gasteiger partial charge in [-0.1, -0.05) is 0 Å². The van der Waals surface area contributed by atoms with Gasteiger partial charge in [0.25, 0.3) is 5.91 Å². The molecule has 1 amide bonds. The van der Waals surface area contributed by atoms with Crippen molar-refractivity contribution in [1.29, 1.82) is 0 Å². The summed E-state index contributed by atoms with van der Waals surface area (Å²) in [4.78, 5) is 25.0. The van der Waals surface area contributed by atoms with Crippen LogP contribution in [0.5, 0.6) is 0 Å². The summed E-state index contributed by atoms with van der Waals surface area (Å²) < 4.78 is 27.1. The van der Waals surface area contributed by atoms with Gasteiger partial charge < -0.3 is 10.0 Å². The van der Waals surface area contributed by atoms with Crippen LogP contribution >= 0.6 is 0 Å². The molecular weight excluding hydrogens is 280 g/mol. The Morgan fingerprint density at radius 1 is 1.29 bits per heavy atom. The summed E-state index contributed by atoms with van der Waals surface area (Å²) in [5.41, 5.74) is -0.0361. The highest BCUT2D eigenvalue weighted by molar-refractivity contribution is 5.95. The number of rotatable bonds is 2. The van der Waals surface area contributed by atoms with Gasteiger partial charge >= 0.3 is 5.97 Å². The number of hydrogen-bond acceptors (Lipinski definition) is 2. The number of hydrogen-bond donors (Lipinski definition) is 1. The molecular formula is C15H17F2NO3. The fourth-order valence-corrected chi connectivity index (χ4v) is 2.74. The monoisotopic (exact) mass is 297 g/mol. The molecule has 4 nitrogen and oxygen atoms in total. The molecule has 1 aliphatic rings. The highest BCUT2D eigenvalue weighted by Crippen LogP contribution is 2.26. The summed E-state index contributed by atoms with van der Waals surface area (Å²) in [5.74, 6) is -3.84. The van der Waals surface area contributed by atoms with Gasteiger partial charge in [0, 0.05) is 18.7 Å². The van der Waals surface area contributed by atoms with E-state index in [1.165, 1.54) is 17.9 Å². The summed E-state index contributed by atoms with van der Waals surface area (Å²) >= 11 is 0. The maximum absolute atomic E-state index is 13.8. The maximum Gasteiger partial charge on any atom is 0.308 e. The SMILES string of the molecule is Cc1cc(C(=O)N2CCC[C@@H](C(=O)O)[C@H]2C)c(F)cc1F. The zero-order valence-corrected chi connectivity index (χ0v) is 11.9. The molecule has 1 fully saturated rings. The van der Waals surface area contributed by atoms with Crippen molar-refractivity contribution in [1.82, 2.24) is 4.90 Å². The first kappa shape index (κ1) is 15.4. The molecule has 0 aliphatic carbocycles. The van der Waals surface area contributed by atoms with Crippen LogP contribution in [0.25, 0.3) is 0 Å². The third-order valence-electron chi connectivity index (χ3n) is 4.04. The lowest BCUT2D eigenvalue weighted by atomic mass is 9.89. The standard InChI is InChI=1S/C15H17F2NO3/c1-8-6-11(13(17)7-12(8)16)14(19)18-5-3-4-10(9(18)2)15(20)21/h6-7,9-10H,3-5H2,1-2H3,(H,20,21)/t9-,10-/m1/s1. The molecule has 0 aromatic heterocycles. The number of aliphatic carboxylic acids is 1. The maximum atomic E-state index is 13.8. The topological polar surface area (TPSA) is 57.6 Å². The van der Waals surface area contributed by atoms with E-state index < -0.39 is 35.5 Å². The van der Waals surface area contributed by atoms with Crippen molar-refractivity contribution in [3.05, 3.63) is 34.9 Å². The third kappa shape index (κ3) is 2.89. The quantitative estimate of drug-likeness (QED) is 0.913. The lowest BCUT2D eigenvalue weighted by Gasteiger charge is -2.37. The van der Waals surface area contributed by atoms with Crippen molar-refractivity contribution in [3.63, 3.8) is 0 Å². The molecule has 1 saturated heterocycles. The van der Waals surface area contributed by atoms with Crippen LogP contribution in [0, 0.1) is 24.5 Å². The van der Waals surface area contributed by atoms with E-state index >= 15 is 0 Å². The van der Waals surface area contributed by atoms with Gasteiger partial charge in [0.05, 0.1) is 11.5 Å². The number of amides is 1. The first-order chi connectivity index (χ1) is 9.82. The summed E-state index contributed by atoms with van der Waals surface area (Å²) in [6.07, 6.45) is 1.04. The van der Waals surface area contributed by atoms with Crippen LogP contribution in [0.2, 0.25) is 0 Å². The number of nitrogens with zero attached hydrogens (tertiary/aromatic N) is 1. The zero-order valence-electron chi connectivity index (χ0n) is 11.9. The summed E-state index contributed by atoms with van der Waals surface area (Å²) in [5, 5.41) is 9.15. The van der Waals surface area contributed by atoms with Crippen LogP contribution in [-0.2, 0) is 4.79 Å². The van der Waals surface area contributed by atoms with E-state index in [1.807, 2.05) is 0 Å². The van der Waals surface area contributed by atoms with Crippen LogP contribution < -0.4 is 0 Å². The van der Waals surface area contributed by atoms with E-state index in [0.29, 0.717) is 25.5 Å². The molecule has 1 aliphatic heterocycles. The summed E-state index contributed by atoms with van der Waals surface area (Å²) in [7, 11) is 0. The van der Waals surface area contributed by atoms with Crippen molar-refractivity contribution < 1.29 is 23.5 Å². The lowest BCUT2D eigenvalue weighted by Crippen LogP contribution is -2.49. The molecule has 0 spiro atoms. The van der Waals surface area contributed by atoms with Crippen molar-refractivity contribution in [3.8, 4) is 0 Å². The molecule has 2 rings (SSSR count). The van der Waals surface area contributed by atoms with Gasteiger partial charge in [-0.15, -0.1) is 0 Å². The number of carbonyl (C=O) groups is 2. The Morgan fingerprint density at radius 3 is 2.57 bits per heavy atom. The number of carboxylic acids is 1. The van der Waals surface area contributed by atoms with E-state index in [4.69, 9.17) is 5.11 Å². The Balaban J connectivity index is 2.31. The first-order valence-corrected chi connectivity index (χ1v) is 6.82. The van der Waals surface area contributed by atoms with E-state index in [-0.39, 0.29) is 11.1 Å². The summed E-state index contributed by atoms with van der Waals surface area (Å²) in [6, 6.07) is 1.34. The Hall–Kier alpha value is -1.98. The van der Waals surface area contributed by atoms with E-state index in [9.17, 15) is 18.4 Å². The molecule has 1 aromatic carbocycles. The molecule has 6 heteroatoms. The number of benzene rings is 1. The van der Waals surface area contributed by atoms with Crippen molar-refractivity contribution in [2.24, 2.45) is 5.92 Å². The van der Waals surface area contributed by atoms with Gasteiger partial charge in [-0.2, -0.15) is 0 Å². The highest BCUT2D eigenvalue weighted by atomic mass is 19.1. The minimum atomic E-state index is -0.962. The molecule has 0 unspecified atom stereocenters. The van der Waals surface area contributed by atoms with Gasteiger partial charge in [0.15, 0.2) is 0 Å². The second-order valence-corrected chi connectivity index (χ2v) is 5.41. The van der Waals surface area contributed by atoms with E-state index in [0.717, 1.165) is 0 Å². The van der Waals surface area contributed by atoms with Gasteiger partial charge in [0.1, 0.15) is 11.6 Å². The van der Waals surface area contributed by atoms with Crippen molar-refractivity contribution in [2.45, 2.75) is 32.7 Å². The van der Waals surface area contributed by atoms with Crippen LogP contribution in [0.4, 0.5) is 8.78 Å². The normalized spacial score (nSPS) is 22.2. The Morgan fingerprint density at radius 2 is 1.95 bits per heavy atom. The first-order valence-electron chi connectivity index (χ1n) is 6.82. The molecule has 1 aromatic rings. The molecule has 0 saturated carbocycles. The smallest absolute Gasteiger partial charge is 0.308 e. The van der Waals surface area contributed by atoms with Gasteiger partial charge in [-0.3, -0.25) is 9.59 Å². The fraction of sp³-hybridized carbons (Fsp3) is 0.467. The molecule has 2 atom stereocenters. The highest BCUT2D eigenvalue weighted by Gasteiger charge is 2.36. The lowest BCUT2D eigenvalue weighted by molar-refractivity contribution is -0.144. The minimum absolute atomic E-state index is 0.180. The number of carbonyl (C=O) groups excluding carboxylic acids is 1. The molecule has 114 valence electrons. The Labute approximate surface area is 121 Å². The van der Waals surface area contributed by atoms with Crippen LogP contribution in [0.1, 0.15) is 35.7 Å². The fourth-order valence-electron chi connectivity index (χ4n) is 2.74. The van der Waals surface area contributed by atoms with Crippen LogP contribution in [0.3, 0.4) is 0 Å². The molecule has 1 heterocycles. The van der Waals surface area contributed by atoms with E-state index in [1.54, 1.807) is 6.92 Å². The van der Waals surface area contributed by atoms with Crippen LogP contribution in [-0.4, -0.2) is 34.5 Å². The predicted octanol–water partition coefficient (Wildman–Crippen LogP) is 2.60. The second-order valence-electron chi connectivity index (χ2n) is 5.41. The van der Waals surface area contributed by atoms with Gasteiger partial charge in [-0.05, 0) is 38.3 Å². The van der Waals surface area contributed by atoms with Crippen molar-refractivity contribution >= 4 is 11.9 Å². The largest absolute Gasteiger partial charge is 0.481 e. The van der Waals surface area contributed by atoms with Crippen molar-refractivity contribution in [2.75, 3.05) is 6.54 Å². The molecule has 0 bridgehead atoms. The number of piperidine rings is 1. The van der Waals surface area contributed by atoms with Crippen LogP contribution in [0.15, 0.2) is 12.1 Å². The number of aryl methyl sites for hydroxylation is 1. The van der Waals surface area contributed by atoms with E-state index in [2.05, 4.69) is 0 Å². The average Bonchev–Trinajstić information content (AvgIpc) is 2.42. The number of carboxylic acid groups (broad SMARTS) is 1. The summed E-state index contributed by atoms with van der Waals surface area (Å²) in [6.45, 7) is 3.47. The number of halogens is 2. The third-order valence-corrected chi connectivity index (χ3v) is 4.04. The molecule has 0 radical (unpaired) electrons.